The quantitative estimate of drug-likeness (QED) is 0.751. The van der Waals surface area contributed by atoms with E-state index in [1.807, 2.05) is 25.2 Å². The van der Waals surface area contributed by atoms with Crippen molar-refractivity contribution in [2.75, 3.05) is 0 Å². The van der Waals surface area contributed by atoms with Crippen molar-refractivity contribution in [1.82, 2.24) is 9.55 Å². The number of benzene rings is 1. The molecule has 0 aliphatic carbocycles. The number of nitrogens with zero attached hydrogens (tertiary/aromatic N) is 3. The van der Waals surface area contributed by atoms with Gasteiger partial charge in [0.25, 0.3) is 0 Å². The Morgan fingerprint density at radius 1 is 1.28 bits per heavy atom. The van der Waals surface area contributed by atoms with Crippen molar-refractivity contribution in [2.24, 2.45) is 7.05 Å². The van der Waals surface area contributed by atoms with Gasteiger partial charge in [0.15, 0.2) is 0 Å². The van der Waals surface area contributed by atoms with Crippen molar-refractivity contribution in [1.29, 1.82) is 5.26 Å². The van der Waals surface area contributed by atoms with Gasteiger partial charge in [-0.1, -0.05) is 32.3 Å². The predicted octanol–water partition coefficient (Wildman–Crippen LogP) is 3.57. The summed E-state index contributed by atoms with van der Waals surface area (Å²) < 4.78 is 2.11. The Balaban J connectivity index is 2.25. The fraction of sp³-hybridized carbons (Fsp3) is 0.467. The Morgan fingerprint density at radius 2 is 2.11 bits per heavy atom. The molecule has 0 amide bonds. The zero-order valence-corrected chi connectivity index (χ0v) is 11.1. The lowest BCUT2D eigenvalue weighted by molar-refractivity contribution is 0.642. The SMILES string of the molecule is CCCCCCc1nc2c(C#N)cccc2n1C. The van der Waals surface area contributed by atoms with Gasteiger partial charge in [-0.25, -0.2) is 4.98 Å². The smallest absolute Gasteiger partial charge is 0.109 e. The van der Waals surface area contributed by atoms with Crippen molar-refractivity contribution >= 4 is 11.0 Å². The number of para-hydroxylation sites is 1. The second-order valence-corrected chi connectivity index (χ2v) is 4.68. The molecule has 94 valence electrons. The summed E-state index contributed by atoms with van der Waals surface area (Å²) in [6.45, 7) is 2.22. The Hall–Kier alpha value is -1.82. The summed E-state index contributed by atoms with van der Waals surface area (Å²) in [4.78, 5) is 4.62. The summed E-state index contributed by atoms with van der Waals surface area (Å²) in [5.74, 6) is 1.09. The first kappa shape index (κ1) is 12.6. The van der Waals surface area contributed by atoms with Crippen LogP contribution in [0.15, 0.2) is 18.2 Å². The molecule has 0 N–H and O–H groups in total. The van der Waals surface area contributed by atoms with E-state index in [2.05, 4.69) is 22.5 Å². The molecule has 0 atom stereocenters. The van der Waals surface area contributed by atoms with E-state index in [1.165, 1.54) is 25.7 Å². The first-order valence-corrected chi connectivity index (χ1v) is 6.62. The number of imidazole rings is 1. The van der Waals surface area contributed by atoms with E-state index in [-0.39, 0.29) is 0 Å². The van der Waals surface area contributed by atoms with Crippen LogP contribution in [0, 0.1) is 11.3 Å². The maximum Gasteiger partial charge on any atom is 0.109 e. The zero-order valence-electron chi connectivity index (χ0n) is 11.1. The second kappa shape index (κ2) is 5.68. The minimum atomic E-state index is 0.669. The average Bonchev–Trinajstić information content (AvgIpc) is 2.72. The van der Waals surface area contributed by atoms with Crippen molar-refractivity contribution in [3.8, 4) is 6.07 Å². The van der Waals surface area contributed by atoms with E-state index in [0.29, 0.717) is 5.56 Å². The molecule has 1 aromatic heterocycles. The lowest BCUT2D eigenvalue weighted by atomic mass is 10.1. The molecule has 0 saturated heterocycles. The zero-order chi connectivity index (χ0) is 13.0. The highest BCUT2D eigenvalue weighted by atomic mass is 15.1. The minimum absolute atomic E-state index is 0.669. The summed E-state index contributed by atoms with van der Waals surface area (Å²) in [5.41, 5.74) is 2.57. The Kier molecular flexibility index (Phi) is 3.99. The highest BCUT2D eigenvalue weighted by Crippen LogP contribution is 2.19. The van der Waals surface area contributed by atoms with Crippen molar-refractivity contribution in [2.45, 2.75) is 39.0 Å². The summed E-state index contributed by atoms with van der Waals surface area (Å²) in [5, 5.41) is 9.08. The van der Waals surface area contributed by atoms with Crippen molar-refractivity contribution < 1.29 is 0 Å². The largest absolute Gasteiger partial charge is 0.331 e. The number of hydrogen-bond acceptors (Lipinski definition) is 2. The van der Waals surface area contributed by atoms with Crippen LogP contribution in [0.2, 0.25) is 0 Å². The van der Waals surface area contributed by atoms with Crippen LogP contribution in [0.25, 0.3) is 11.0 Å². The fourth-order valence-corrected chi connectivity index (χ4v) is 2.29. The molecule has 0 aliphatic heterocycles. The summed E-state index contributed by atoms with van der Waals surface area (Å²) in [6, 6.07) is 7.99. The van der Waals surface area contributed by atoms with Gasteiger partial charge in [-0.2, -0.15) is 5.26 Å². The van der Waals surface area contributed by atoms with E-state index in [0.717, 1.165) is 23.3 Å². The van der Waals surface area contributed by atoms with Gasteiger partial charge in [-0.3, -0.25) is 0 Å². The predicted molar refractivity (Wildman–Crippen MR) is 73.3 cm³/mol. The molecule has 18 heavy (non-hydrogen) atoms. The molecule has 3 heteroatoms. The van der Waals surface area contributed by atoms with Crippen LogP contribution >= 0.6 is 0 Å². The van der Waals surface area contributed by atoms with Crippen LogP contribution in [0.4, 0.5) is 0 Å². The molecule has 0 aliphatic rings. The van der Waals surface area contributed by atoms with Gasteiger partial charge in [0.05, 0.1) is 11.1 Å². The maximum atomic E-state index is 9.08. The third kappa shape index (κ3) is 2.38. The Bertz CT molecular complexity index is 575. The summed E-state index contributed by atoms with van der Waals surface area (Å²) in [6.07, 6.45) is 5.96. The molecule has 0 saturated carbocycles. The van der Waals surface area contributed by atoms with Crippen molar-refractivity contribution in [3.63, 3.8) is 0 Å². The molecule has 0 unspecified atom stereocenters. The number of fused-ring (bicyclic) bond motifs is 1. The first-order valence-electron chi connectivity index (χ1n) is 6.62. The fourth-order valence-electron chi connectivity index (χ4n) is 2.29. The van der Waals surface area contributed by atoms with Crippen LogP contribution in [0.3, 0.4) is 0 Å². The van der Waals surface area contributed by atoms with Crippen LogP contribution in [-0.4, -0.2) is 9.55 Å². The lowest BCUT2D eigenvalue weighted by Crippen LogP contribution is -1.97. The van der Waals surface area contributed by atoms with E-state index in [1.54, 1.807) is 0 Å². The van der Waals surface area contributed by atoms with Gasteiger partial charge in [-0.15, -0.1) is 0 Å². The average molecular weight is 241 g/mol. The number of aryl methyl sites for hydroxylation is 2. The van der Waals surface area contributed by atoms with Crippen molar-refractivity contribution in [3.05, 3.63) is 29.6 Å². The Labute approximate surface area is 108 Å². The summed E-state index contributed by atoms with van der Waals surface area (Å²) in [7, 11) is 2.03. The van der Waals surface area contributed by atoms with Gasteiger partial charge in [0, 0.05) is 13.5 Å². The molecular weight excluding hydrogens is 222 g/mol. The molecule has 1 heterocycles. The molecule has 0 spiro atoms. The highest BCUT2D eigenvalue weighted by molar-refractivity contribution is 5.82. The van der Waals surface area contributed by atoms with Gasteiger partial charge in [0.2, 0.25) is 0 Å². The van der Waals surface area contributed by atoms with Crippen LogP contribution < -0.4 is 0 Å². The first-order chi connectivity index (χ1) is 8.77. The van der Waals surface area contributed by atoms with Gasteiger partial charge >= 0.3 is 0 Å². The third-order valence-electron chi connectivity index (χ3n) is 3.38. The van der Waals surface area contributed by atoms with E-state index >= 15 is 0 Å². The van der Waals surface area contributed by atoms with E-state index in [4.69, 9.17) is 5.26 Å². The molecule has 0 fully saturated rings. The number of unbranched alkanes of at least 4 members (excludes halogenated alkanes) is 3. The molecule has 0 bridgehead atoms. The number of nitriles is 1. The maximum absolute atomic E-state index is 9.08. The number of aromatic nitrogens is 2. The summed E-state index contributed by atoms with van der Waals surface area (Å²) >= 11 is 0. The molecule has 2 aromatic rings. The van der Waals surface area contributed by atoms with Crippen LogP contribution in [-0.2, 0) is 13.5 Å². The minimum Gasteiger partial charge on any atom is -0.331 e. The molecule has 3 nitrogen and oxygen atoms in total. The van der Waals surface area contributed by atoms with Crippen LogP contribution in [0.5, 0.6) is 0 Å². The highest BCUT2D eigenvalue weighted by Gasteiger charge is 2.10. The van der Waals surface area contributed by atoms with E-state index < -0.39 is 0 Å². The van der Waals surface area contributed by atoms with Gasteiger partial charge < -0.3 is 4.57 Å². The topological polar surface area (TPSA) is 41.6 Å². The lowest BCUT2D eigenvalue weighted by Gasteiger charge is -2.01. The molecule has 2 rings (SSSR count). The number of hydrogen-bond donors (Lipinski definition) is 0. The molecule has 0 radical (unpaired) electrons. The molecular formula is C15H19N3. The van der Waals surface area contributed by atoms with Gasteiger partial charge in [-0.05, 0) is 18.6 Å². The van der Waals surface area contributed by atoms with Gasteiger partial charge in [0.1, 0.15) is 17.4 Å². The third-order valence-corrected chi connectivity index (χ3v) is 3.38. The standard InChI is InChI=1S/C15H19N3/c1-3-4-5-6-10-14-17-15-12(11-16)8-7-9-13(15)18(14)2/h7-9H,3-6,10H2,1-2H3. The monoisotopic (exact) mass is 241 g/mol. The second-order valence-electron chi connectivity index (χ2n) is 4.68. The van der Waals surface area contributed by atoms with E-state index in [9.17, 15) is 0 Å². The normalized spacial score (nSPS) is 10.7. The number of rotatable bonds is 5. The van der Waals surface area contributed by atoms with Crippen LogP contribution in [0.1, 0.15) is 44.0 Å². The Morgan fingerprint density at radius 3 is 2.83 bits per heavy atom. The molecule has 1 aromatic carbocycles.